The molecule has 0 spiro atoms. The van der Waals surface area contributed by atoms with Gasteiger partial charge in [0.15, 0.2) is 5.78 Å². The number of thioether (sulfide) groups is 1. The molecule has 0 bridgehead atoms. The molecule has 1 heterocycles. The van der Waals surface area contributed by atoms with Crippen LogP contribution in [0.5, 0.6) is 5.75 Å². The maximum absolute atomic E-state index is 12.1. The van der Waals surface area contributed by atoms with Gasteiger partial charge in [-0.3, -0.25) is 9.79 Å². The van der Waals surface area contributed by atoms with Crippen molar-refractivity contribution < 1.29 is 9.53 Å². The smallest absolute Gasteiger partial charge is 0.173 e. The highest BCUT2D eigenvalue weighted by atomic mass is 32.2. The van der Waals surface area contributed by atoms with E-state index >= 15 is 0 Å². The first-order chi connectivity index (χ1) is 9.29. The van der Waals surface area contributed by atoms with E-state index in [4.69, 9.17) is 4.74 Å². The highest BCUT2D eigenvalue weighted by Gasteiger charge is 2.10. The predicted octanol–water partition coefficient (Wildman–Crippen LogP) is 3.58. The fourth-order valence-electron chi connectivity index (χ4n) is 1.97. The van der Waals surface area contributed by atoms with Gasteiger partial charge >= 0.3 is 0 Å². The predicted molar refractivity (Wildman–Crippen MR) is 80.6 cm³/mol. The van der Waals surface area contributed by atoms with E-state index in [1.807, 2.05) is 24.3 Å². The van der Waals surface area contributed by atoms with E-state index in [-0.39, 0.29) is 5.78 Å². The van der Waals surface area contributed by atoms with Gasteiger partial charge in [0.2, 0.25) is 0 Å². The second kappa shape index (κ2) is 7.34. The first kappa shape index (κ1) is 14.1. The van der Waals surface area contributed by atoms with Gasteiger partial charge < -0.3 is 4.74 Å². The van der Waals surface area contributed by atoms with E-state index in [9.17, 15) is 4.79 Å². The average molecular weight is 277 g/mol. The number of Topliss-reactive ketones (excluding diaryl/α,β-unsaturated/α-hetero) is 1. The molecule has 1 aliphatic heterocycles. The van der Waals surface area contributed by atoms with Gasteiger partial charge in [0, 0.05) is 12.1 Å². The molecule has 0 unspecified atom stereocenters. The number of carbonyl (C=O) groups excluding carboxylic acids is 1. The lowest BCUT2D eigenvalue weighted by atomic mass is 10.1. The van der Waals surface area contributed by atoms with Crippen molar-refractivity contribution in [2.45, 2.75) is 25.7 Å². The molecule has 102 valence electrons. The van der Waals surface area contributed by atoms with Crippen LogP contribution in [-0.4, -0.2) is 30.2 Å². The summed E-state index contributed by atoms with van der Waals surface area (Å²) in [5, 5.41) is 1.14. The Hall–Kier alpha value is -1.29. The van der Waals surface area contributed by atoms with Gasteiger partial charge in [-0.15, -0.1) is 11.8 Å². The number of methoxy groups -OCH3 is 1. The molecule has 1 aromatic carbocycles. The van der Waals surface area contributed by atoms with Crippen molar-refractivity contribution in [3.05, 3.63) is 29.8 Å². The Labute approximate surface area is 118 Å². The van der Waals surface area contributed by atoms with Gasteiger partial charge in [0.05, 0.1) is 17.9 Å². The molecule has 4 heteroatoms. The van der Waals surface area contributed by atoms with Crippen LogP contribution in [0.15, 0.2) is 29.3 Å². The van der Waals surface area contributed by atoms with Crippen LogP contribution in [0.4, 0.5) is 0 Å². The summed E-state index contributed by atoms with van der Waals surface area (Å²) in [4.78, 5) is 16.6. The fraction of sp³-hybridized carbons (Fsp3) is 0.467. The summed E-state index contributed by atoms with van der Waals surface area (Å²) >= 11 is 1.59. The fourth-order valence-corrected chi connectivity index (χ4v) is 2.91. The molecule has 2 rings (SSSR count). The van der Waals surface area contributed by atoms with Gasteiger partial charge in [0.1, 0.15) is 5.75 Å². The highest BCUT2D eigenvalue weighted by Crippen LogP contribution is 2.18. The Morgan fingerprint density at radius 2 is 2.05 bits per heavy atom. The van der Waals surface area contributed by atoms with E-state index < -0.39 is 0 Å². The Morgan fingerprint density at radius 3 is 2.79 bits per heavy atom. The van der Waals surface area contributed by atoms with Crippen LogP contribution in [-0.2, 0) is 0 Å². The summed E-state index contributed by atoms with van der Waals surface area (Å²) < 4.78 is 5.08. The maximum atomic E-state index is 12.1. The lowest BCUT2D eigenvalue weighted by molar-refractivity contribution is 0.102. The molecular formula is C15H19NO2S. The van der Waals surface area contributed by atoms with Crippen LogP contribution >= 0.6 is 11.8 Å². The molecule has 0 saturated carbocycles. The number of ether oxygens (including phenoxy) is 1. The number of hydrogen-bond acceptors (Lipinski definition) is 4. The Bertz CT molecular complexity index is 454. The molecule has 1 aromatic rings. The third-order valence-corrected chi connectivity index (χ3v) is 4.19. The molecule has 0 fully saturated rings. The molecule has 0 aromatic heterocycles. The summed E-state index contributed by atoms with van der Waals surface area (Å²) in [7, 11) is 1.62. The maximum Gasteiger partial charge on any atom is 0.173 e. The minimum Gasteiger partial charge on any atom is -0.497 e. The van der Waals surface area contributed by atoms with E-state index in [2.05, 4.69) is 4.99 Å². The zero-order valence-electron chi connectivity index (χ0n) is 11.2. The van der Waals surface area contributed by atoms with Crippen molar-refractivity contribution in [1.29, 1.82) is 0 Å². The largest absolute Gasteiger partial charge is 0.497 e. The van der Waals surface area contributed by atoms with Crippen molar-refractivity contribution in [3.63, 3.8) is 0 Å². The molecule has 0 atom stereocenters. The van der Waals surface area contributed by atoms with Crippen molar-refractivity contribution in [2.75, 3.05) is 19.4 Å². The number of hydrogen-bond donors (Lipinski definition) is 0. The van der Waals surface area contributed by atoms with E-state index in [1.165, 1.54) is 19.3 Å². The van der Waals surface area contributed by atoms with Crippen LogP contribution < -0.4 is 4.74 Å². The molecule has 19 heavy (non-hydrogen) atoms. The highest BCUT2D eigenvalue weighted by molar-refractivity contribution is 8.14. The van der Waals surface area contributed by atoms with Crippen LogP contribution in [0, 0.1) is 0 Å². The molecular weight excluding hydrogens is 258 g/mol. The van der Waals surface area contributed by atoms with Gasteiger partial charge in [-0.25, -0.2) is 0 Å². The number of aliphatic imine (C=N–C) groups is 1. The normalized spacial score (nSPS) is 15.5. The monoisotopic (exact) mass is 277 g/mol. The first-order valence-electron chi connectivity index (χ1n) is 6.63. The minimum absolute atomic E-state index is 0.152. The molecule has 0 N–H and O–H groups in total. The summed E-state index contributed by atoms with van der Waals surface area (Å²) in [6.45, 7) is 0.916. The Kier molecular flexibility index (Phi) is 5.45. The van der Waals surface area contributed by atoms with Crippen LogP contribution in [0.2, 0.25) is 0 Å². The lowest BCUT2D eigenvalue weighted by Crippen LogP contribution is -2.05. The third kappa shape index (κ3) is 4.39. The van der Waals surface area contributed by atoms with Crippen molar-refractivity contribution >= 4 is 22.6 Å². The second-order valence-corrected chi connectivity index (χ2v) is 5.58. The van der Waals surface area contributed by atoms with Crippen molar-refractivity contribution in [1.82, 2.24) is 0 Å². The summed E-state index contributed by atoms with van der Waals surface area (Å²) in [5.41, 5.74) is 0.738. The zero-order valence-corrected chi connectivity index (χ0v) is 12.0. The molecule has 0 radical (unpaired) electrons. The van der Waals surface area contributed by atoms with Gasteiger partial charge in [-0.1, -0.05) is 6.42 Å². The average Bonchev–Trinajstić information content (AvgIpc) is 2.73. The van der Waals surface area contributed by atoms with Crippen LogP contribution in [0.25, 0.3) is 0 Å². The molecule has 1 aliphatic rings. The van der Waals surface area contributed by atoms with E-state index in [0.717, 1.165) is 29.3 Å². The standard InChI is InChI=1S/C15H19NO2S/c1-18-13-8-6-12(7-9-13)14(17)11-19-15-5-3-2-4-10-16-15/h6-9H,2-5,10-11H2,1H3. The SMILES string of the molecule is COc1ccc(C(=O)CSC2=NCCCCC2)cc1. The zero-order chi connectivity index (χ0) is 13.5. The van der Waals surface area contributed by atoms with Crippen LogP contribution in [0.1, 0.15) is 36.0 Å². The van der Waals surface area contributed by atoms with E-state index in [0.29, 0.717) is 5.75 Å². The molecule has 0 aliphatic carbocycles. The number of carbonyl (C=O) groups is 1. The third-order valence-electron chi connectivity index (χ3n) is 3.12. The quantitative estimate of drug-likeness (QED) is 0.790. The van der Waals surface area contributed by atoms with Gasteiger partial charge in [-0.2, -0.15) is 0 Å². The summed E-state index contributed by atoms with van der Waals surface area (Å²) in [5.74, 6) is 1.41. The number of benzene rings is 1. The van der Waals surface area contributed by atoms with Gasteiger partial charge in [0.25, 0.3) is 0 Å². The second-order valence-electron chi connectivity index (χ2n) is 4.53. The molecule has 0 amide bonds. The number of rotatable bonds is 4. The van der Waals surface area contributed by atoms with Crippen molar-refractivity contribution in [3.8, 4) is 5.75 Å². The summed E-state index contributed by atoms with van der Waals surface area (Å²) in [6.07, 6.45) is 4.65. The number of ketones is 1. The topological polar surface area (TPSA) is 38.7 Å². The van der Waals surface area contributed by atoms with Gasteiger partial charge in [-0.05, 0) is 43.5 Å². The number of nitrogens with zero attached hydrogens (tertiary/aromatic N) is 1. The molecule has 0 saturated heterocycles. The Morgan fingerprint density at radius 1 is 1.26 bits per heavy atom. The van der Waals surface area contributed by atoms with Crippen molar-refractivity contribution in [2.24, 2.45) is 4.99 Å². The van der Waals surface area contributed by atoms with E-state index in [1.54, 1.807) is 18.9 Å². The summed E-state index contributed by atoms with van der Waals surface area (Å²) in [6, 6.07) is 7.27. The lowest BCUT2D eigenvalue weighted by Gasteiger charge is -2.04. The Balaban J connectivity index is 1.87. The first-order valence-corrected chi connectivity index (χ1v) is 7.61. The minimum atomic E-state index is 0.152. The molecule has 3 nitrogen and oxygen atoms in total. The van der Waals surface area contributed by atoms with Crippen LogP contribution in [0.3, 0.4) is 0 Å².